The van der Waals surface area contributed by atoms with Crippen LogP contribution in [0.3, 0.4) is 0 Å². The summed E-state index contributed by atoms with van der Waals surface area (Å²) in [5.74, 6) is 0.942. The van der Waals surface area contributed by atoms with Crippen molar-refractivity contribution in [1.29, 1.82) is 0 Å². The molecule has 0 atom stereocenters. The van der Waals surface area contributed by atoms with Crippen LogP contribution in [0.2, 0.25) is 0 Å². The molecule has 2 amide bonds. The molecular formula is C31H27N3O4S. The molecule has 0 heterocycles. The number of nitrogens with zero attached hydrogens (tertiary/aromatic N) is 1. The molecule has 0 bridgehead atoms. The van der Waals surface area contributed by atoms with Gasteiger partial charge >= 0.3 is 0 Å². The third-order valence-electron chi connectivity index (χ3n) is 6.19. The molecule has 0 saturated carbocycles. The molecule has 1 aliphatic carbocycles. The topological polar surface area (TPSA) is 89.0 Å². The second kappa shape index (κ2) is 12.3. The Balaban J connectivity index is 1.08. The maximum absolute atomic E-state index is 12.5. The predicted octanol–water partition coefficient (Wildman–Crippen LogP) is 5.67. The van der Waals surface area contributed by atoms with Gasteiger partial charge in [0, 0.05) is 0 Å². The van der Waals surface area contributed by atoms with Gasteiger partial charge in [-0.25, -0.2) is 5.43 Å². The third-order valence-corrected chi connectivity index (χ3v) is 7.46. The average Bonchev–Trinajstić information content (AvgIpc) is 3.29. The second-order valence-corrected chi connectivity index (χ2v) is 9.86. The molecule has 8 heteroatoms. The zero-order chi connectivity index (χ0) is 27.0. The second-order valence-electron chi connectivity index (χ2n) is 8.76. The molecule has 7 nitrogen and oxygen atoms in total. The van der Waals surface area contributed by atoms with E-state index in [0.717, 1.165) is 5.56 Å². The van der Waals surface area contributed by atoms with Crippen LogP contribution in [-0.2, 0) is 9.59 Å². The molecule has 0 aliphatic heterocycles. The molecule has 0 unspecified atom stereocenters. The molecule has 0 aromatic heterocycles. The molecule has 0 fully saturated rings. The van der Waals surface area contributed by atoms with Crippen molar-refractivity contribution in [2.75, 3.05) is 24.8 Å². The Morgan fingerprint density at radius 2 is 1.49 bits per heavy atom. The summed E-state index contributed by atoms with van der Waals surface area (Å²) in [6, 6.07) is 30.9. The van der Waals surface area contributed by atoms with Crippen LogP contribution in [0.4, 0.5) is 5.69 Å². The van der Waals surface area contributed by atoms with Crippen LogP contribution >= 0.6 is 11.8 Å². The minimum Gasteiger partial charge on any atom is -0.495 e. The molecule has 196 valence electrons. The van der Waals surface area contributed by atoms with Gasteiger partial charge in [0.15, 0.2) is 6.61 Å². The minimum absolute atomic E-state index is 0.122. The van der Waals surface area contributed by atoms with Crippen molar-refractivity contribution in [3.05, 3.63) is 114 Å². The summed E-state index contributed by atoms with van der Waals surface area (Å²) >= 11 is 1.59. The normalized spacial score (nSPS) is 12.0. The highest BCUT2D eigenvalue weighted by Crippen LogP contribution is 2.49. The number of benzene rings is 4. The van der Waals surface area contributed by atoms with Crippen LogP contribution in [0.5, 0.6) is 11.5 Å². The highest BCUT2D eigenvalue weighted by molar-refractivity contribution is 8.00. The summed E-state index contributed by atoms with van der Waals surface area (Å²) in [5.41, 5.74) is 8.90. The van der Waals surface area contributed by atoms with E-state index in [2.05, 4.69) is 40.1 Å². The van der Waals surface area contributed by atoms with Crippen LogP contribution in [0, 0.1) is 0 Å². The van der Waals surface area contributed by atoms with Crippen LogP contribution in [-0.4, -0.2) is 37.5 Å². The lowest BCUT2D eigenvalue weighted by Crippen LogP contribution is -2.20. The molecular weight excluding hydrogens is 510 g/mol. The summed E-state index contributed by atoms with van der Waals surface area (Å²) < 4.78 is 10.8. The van der Waals surface area contributed by atoms with Gasteiger partial charge in [-0.05, 0) is 64.2 Å². The molecule has 39 heavy (non-hydrogen) atoms. The summed E-state index contributed by atoms with van der Waals surface area (Å²) in [5, 5.41) is 6.98. The van der Waals surface area contributed by atoms with Crippen molar-refractivity contribution in [2.45, 2.75) is 5.25 Å². The Morgan fingerprint density at radius 3 is 2.18 bits per heavy atom. The molecule has 0 radical (unpaired) electrons. The Labute approximate surface area is 231 Å². The number of thioether (sulfide) groups is 1. The van der Waals surface area contributed by atoms with Gasteiger partial charge in [0.05, 0.1) is 30.0 Å². The first-order valence-corrected chi connectivity index (χ1v) is 13.4. The fourth-order valence-electron chi connectivity index (χ4n) is 4.39. The van der Waals surface area contributed by atoms with Crippen LogP contribution in [0.1, 0.15) is 21.9 Å². The lowest BCUT2D eigenvalue weighted by atomic mass is 10.1. The number of hydrazone groups is 1. The first kappa shape index (κ1) is 26.1. The van der Waals surface area contributed by atoms with E-state index in [1.165, 1.54) is 22.3 Å². The molecule has 2 N–H and O–H groups in total. The van der Waals surface area contributed by atoms with E-state index in [4.69, 9.17) is 9.47 Å². The maximum atomic E-state index is 12.5. The Bertz CT molecular complexity index is 1460. The summed E-state index contributed by atoms with van der Waals surface area (Å²) in [7, 11) is 1.55. The Morgan fingerprint density at radius 1 is 0.846 bits per heavy atom. The smallest absolute Gasteiger partial charge is 0.262 e. The van der Waals surface area contributed by atoms with Crippen molar-refractivity contribution < 1.29 is 19.1 Å². The van der Waals surface area contributed by atoms with Crippen molar-refractivity contribution in [1.82, 2.24) is 5.43 Å². The van der Waals surface area contributed by atoms with Gasteiger partial charge in [0.1, 0.15) is 11.5 Å². The lowest BCUT2D eigenvalue weighted by Gasteiger charge is -2.12. The largest absolute Gasteiger partial charge is 0.495 e. The fourth-order valence-corrected chi connectivity index (χ4v) is 5.55. The molecule has 0 saturated heterocycles. The van der Waals surface area contributed by atoms with Crippen molar-refractivity contribution in [3.63, 3.8) is 0 Å². The van der Waals surface area contributed by atoms with Gasteiger partial charge in [0.25, 0.3) is 5.91 Å². The average molecular weight is 538 g/mol. The van der Waals surface area contributed by atoms with Crippen molar-refractivity contribution >= 4 is 35.5 Å². The Hall–Kier alpha value is -4.56. The van der Waals surface area contributed by atoms with E-state index in [9.17, 15) is 9.59 Å². The number of fused-ring (bicyclic) bond motifs is 3. The van der Waals surface area contributed by atoms with E-state index >= 15 is 0 Å². The number of ether oxygens (including phenoxy) is 2. The van der Waals surface area contributed by atoms with Gasteiger partial charge in [0.2, 0.25) is 5.91 Å². The lowest BCUT2D eigenvalue weighted by molar-refractivity contribution is -0.119. The van der Waals surface area contributed by atoms with Gasteiger partial charge in [-0.1, -0.05) is 60.7 Å². The van der Waals surface area contributed by atoms with Crippen molar-refractivity contribution in [3.8, 4) is 22.6 Å². The standard InChI is InChI=1S/C31H27N3O4S/c1-37-28-13-7-6-12-27(28)33-29(35)19-38-22-16-14-21(15-17-22)18-32-34-30(36)20-39-31-25-10-4-2-8-23(25)24-9-3-5-11-26(24)31/h2-18,31H,19-20H2,1H3,(H,33,35)(H,34,36)/b32-18-. The molecule has 4 aromatic carbocycles. The quantitative estimate of drug-likeness (QED) is 0.201. The fraction of sp³-hybridized carbons (Fsp3) is 0.129. The van der Waals surface area contributed by atoms with Crippen LogP contribution in [0.25, 0.3) is 11.1 Å². The number of para-hydroxylation sites is 2. The summed E-state index contributed by atoms with van der Waals surface area (Å²) in [4.78, 5) is 24.7. The van der Waals surface area contributed by atoms with Crippen LogP contribution < -0.4 is 20.2 Å². The Kier molecular flexibility index (Phi) is 8.23. The molecule has 5 rings (SSSR count). The predicted molar refractivity (Wildman–Crippen MR) is 155 cm³/mol. The van der Waals surface area contributed by atoms with E-state index in [-0.39, 0.29) is 29.4 Å². The maximum Gasteiger partial charge on any atom is 0.262 e. The number of hydrogen-bond acceptors (Lipinski definition) is 6. The summed E-state index contributed by atoms with van der Waals surface area (Å²) in [6.45, 7) is -0.144. The molecule has 1 aliphatic rings. The van der Waals surface area contributed by atoms with Gasteiger partial charge in [-0.2, -0.15) is 5.10 Å². The van der Waals surface area contributed by atoms with Crippen LogP contribution in [0.15, 0.2) is 102 Å². The number of anilines is 1. The number of carbonyl (C=O) groups is 2. The summed E-state index contributed by atoms with van der Waals surface area (Å²) in [6.07, 6.45) is 1.57. The monoisotopic (exact) mass is 537 g/mol. The zero-order valence-corrected chi connectivity index (χ0v) is 22.1. The number of amides is 2. The van der Waals surface area contributed by atoms with Gasteiger partial charge < -0.3 is 14.8 Å². The SMILES string of the molecule is COc1ccccc1NC(=O)COc1ccc(/C=N\NC(=O)CSC2c3ccccc3-c3ccccc32)cc1. The third kappa shape index (κ3) is 6.30. The number of hydrogen-bond donors (Lipinski definition) is 2. The van der Waals surface area contributed by atoms with E-state index in [1.807, 2.05) is 36.4 Å². The highest BCUT2D eigenvalue weighted by atomic mass is 32.2. The molecule has 0 spiro atoms. The highest BCUT2D eigenvalue weighted by Gasteiger charge is 2.28. The number of carbonyl (C=O) groups excluding carboxylic acids is 2. The number of rotatable bonds is 10. The van der Waals surface area contributed by atoms with E-state index in [0.29, 0.717) is 17.2 Å². The minimum atomic E-state index is -0.296. The molecule has 4 aromatic rings. The van der Waals surface area contributed by atoms with E-state index < -0.39 is 0 Å². The van der Waals surface area contributed by atoms with Crippen molar-refractivity contribution in [2.24, 2.45) is 5.10 Å². The first-order chi connectivity index (χ1) is 19.1. The number of methoxy groups -OCH3 is 1. The van der Waals surface area contributed by atoms with Gasteiger partial charge in [-0.3, -0.25) is 9.59 Å². The van der Waals surface area contributed by atoms with E-state index in [1.54, 1.807) is 61.5 Å². The first-order valence-electron chi connectivity index (χ1n) is 12.4. The zero-order valence-electron chi connectivity index (χ0n) is 21.3. The van der Waals surface area contributed by atoms with Gasteiger partial charge in [-0.15, -0.1) is 11.8 Å². The number of nitrogens with one attached hydrogen (secondary N) is 2.